The number of anilines is 3. The van der Waals surface area contributed by atoms with Crippen molar-refractivity contribution in [2.24, 2.45) is 5.73 Å². The zero-order chi connectivity index (χ0) is 22.9. The van der Waals surface area contributed by atoms with E-state index in [4.69, 9.17) is 22.3 Å². The number of amides is 1. The SMILES string of the molecule is Cc1cc(N(c2ccccc2)c2ccc(Cl)c(-c3nc4ccccc4[nH]3)c2)ccc1C(N)=O. The van der Waals surface area contributed by atoms with Crippen LogP contribution >= 0.6 is 11.6 Å². The van der Waals surface area contributed by atoms with Crippen LogP contribution in [0.25, 0.3) is 22.4 Å². The molecular formula is C27H21ClN4O. The lowest BCUT2D eigenvalue weighted by molar-refractivity contribution is 0.0999. The predicted molar refractivity (Wildman–Crippen MR) is 134 cm³/mol. The third-order valence-corrected chi connectivity index (χ3v) is 5.93. The number of fused-ring (bicyclic) bond motifs is 1. The van der Waals surface area contributed by atoms with Crippen LogP contribution in [-0.2, 0) is 0 Å². The fourth-order valence-electron chi connectivity index (χ4n) is 4.00. The number of nitrogens with one attached hydrogen (secondary N) is 1. The van der Waals surface area contributed by atoms with E-state index in [2.05, 4.69) is 9.88 Å². The van der Waals surface area contributed by atoms with E-state index in [1.54, 1.807) is 6.07 Å². The summed E-state index contributed by atoms with van der Waals surface area (Å²) in [7, 11) is 0. The summed E-state index contributed by atoms with van der Waals surface area (Å²) in [5, 5.41) is 0.603. The molecule has 0 saturated heterocycles. The molecule has 5 rings (SSSR count). The number of primary amides is 1. The molecule has 3 N–H and O–H groups in total. The normalized spacial score (nSPS) is 11.0. The van der Waals surface area contributed by atoms with Gasteiger partial charge in [-0.1, -0.05) is 41.9 Å². The van der Waals surface area contributed by atoms with E-state index in [1.807, 2.05) is 91.9 Å². The second kappa shape index (κ2) is 8.45. The van der Waals surface area contributed by atoms with Crippen LogP contribution in [-0.4, -0.2) is 15.9 Å². The Morgan fingerprint density at radius 1 is 0.879 bits per heavy atom. The van der Waals surface area contributed by atoms with Gasteiger partial charge in [-0.05, 0) is 73.2 Å². The van der Waals surface area contributed by atoms with E-state index in [0.717, 1.165) is 39.2 Å². The molecule has 162 valence electrons. The van der Waals surface area contributed by atoms with Gasteiger partial charge in [0.15, 0.2) is 0 Å². The van der Waals surface area contributed by atoms with Crippen molar-refractivity contribution < 1.29 is 4.79 Å². The highest BCUT2D eigenvalue weighted by atomic mass is 35.5. The van der Waals surface area contributed by atoms with Crippen LogP contribution in [0.5, 0.6) is 0 Å². The number of carbonyl (C=O) groups is 1. The fourth-order valence-corrected chi connectivity index (χ4v) is 4.21. The van der Waals surface area contributed by atoms with Gasteiger partial charge in [-0.3, -0.25) is 4.79 Å². The fraction of sp³-hybridized carbons (Fsp3) is 0.0370. The van der Waals surface area contributed by atoms with Crippen molar-refractivity contribution in [3.05, 3.63) is 107 Å². The van der Waals surface area contributed by atoms with Gasteiger partial charge in [0.05, 0.1) is 16.1 Å². The molecule has 0 radical (unpaired) electrons. The molecule has 0 aliphatic carbocycles. The van der Waals surface area contributed by atoms with E-state index in [1.165, 1.54) is 0 Å². The summed E-state index contributed by atoms with van der Waals surface area (Å²) in [4.78, 5) is 21.9. The first-order valence-corrected chi connectivity index (χ1v) is 10.9. The number of para-hydroxylation sites is 3. The van der Waals surface area contributed by atoms with Crippen molar-refractivity contribution in [2.45, 2.75) is 6.92 Å². The number of aryl methyl sites for hydroxylation is 1. The zero-order valence-corrected chi connectivity index (χ0v) is 18.7. The molecule has 5 aromatic rings. The molecule has 0 unspecified atom stereocenters. The Labute approximate surface area is 196 Å². The summed E-state index contributed by atoms with van der Waals surface area (Å²) in [5.41, 5.74) is 12.3. The first kappa shape index (κ1) is 20.8. The molecule has 33 heavy (non-hydrogen) atoms. The number of nitrogens with zero attached hydrogens (tertiary/aromatic N) is 2. The third-order valence-electron chi connectivity index (χ3n) is 5.60. The van der Waals surface area contributed by atoms with Crippen LogP contribution < -0.4 is 10.6 Å². The summed E-state index contributed by atoms with van der Waals surface area (Å²) in [6, 6.07) is 29.4. The topological polar surface area (TPSA) is 75.0 Å². The second-order valence-electron chi connectivity index (χ2n) is 7.80. The molecule has 0 aliphatic rings. The minimum Gasteiger partial charge on any atom is -0.366 e. The maximum Gasteiger partial charge on any atom is 0.248 e. The summed E-state index contributed by atoms with van der Waals surface area (Å²) in [5.74, 6) is 0.264. The average Bonchev–Trinajstić information content (AvgIpc) is 3.25. The van der Waals surface area contributed by atoms with Crippen LogP contribution in [0.15, 0.2) is 91.0 Å². The van der Waals surface area contributed by atoms with Crippen molar-refractivity contribution in [1.29, 1.82) is 0 Å². The Bertz CT molecular complexity index is 1440. The highest BCUT2D eigenvalue weighted by Gasteiger charge is 2.17. The van der Waals surface area contributed by atoms with Crippen molar-refractivity contribution in [2.75, 3.05) is 4.90 Å². The van der Waals surface area contributed by atoms with Crippen LogP contribution in [0.2, 0.25) is 5.02 Å². The number of nitrogens with two attached hydrogens (primary N) is 1. The number of benzene rings is 4. The molecule has 0 bridgehead atoms. The van der Waals surface area contributed by atoms with E-state index >= 15 is 0 Å². The lowest BCUT2D eigenvalue weighted by Gasteiger charge is -2.26. The highest BCUT2D eigenvalue weighted by molar-refractivity contribution is 6.33. The number of H-pyrrole nitrogens is 1. The first-order valence-electron chi connectivity index (χ1n) is 10.5. The predicted octanol–water partition coefficient (Wildman–Crippen LogP) is 6.76. The lowest BCUT2D eigenvalue weighted by atomic mass is 10.1. The van der Waals surface area contributed by atoms with E-state index in [-0.39, 0.29) is 0 Å². The summed E-state index contributed by atoms with van der Waals surface area (Å²) in [6.07, 6.45) is 0. The molecule has 6 heteroatoms. The standard InChI is InChI=1S/C27H21ClN4O/c1-17-15-19(11-13-21(17)26(29)33)32(18-7-3-2-4-8-18)20-12-14-23(28)22(16-20)27-30-24-9-5-6-10-25(24)31-27/h2-16H,1H3,(H2,29,33)(H,30,31). The monoisotopic (exact) mass is 452 g/mol. The number of imidazole rings is 1. The minimum atomic E-state index is -0.441. The number of hydrogen-bond donors (Lipinski definition) is 2. The Kier molecular flexibility index (Phi) is 5.32. The molecule has 1 aromatic heterocycles. The third kappa shape index (κ3) is 3.95. The number of rotatable bonds is 5. The van der Waals surface area contributed by atoms with Gasteiger partial charge in [-0.25, -0.2) is 4.98 Å². The Hall–Kier alpha value is -4.09. The average molecular weight is 453 g/mol. The van der Waals surface area contributed by atoms with Gasteiger partial charge in [-0.2, -0.15) is 0 Å². The number of halogens is 1. The maximum atomic E-state index is 11.7. The highest BCUT2D eigenvalue weighted by Crippen LogP contribution is 2.39. The van der Waals surface area contributed by atoms with Crippen LogP contribution in [0.1, 0.15) is 15.9 Å². The first-order chi connectivity index (χ1) is 16.0. The smallest absolute Gasteiger partial charge is 0.248 e. The molecule has 0 spiro atoms. The summed E-state index contributed by atoms with van der Waals surface area (Å²) < 4.78 is 0. The molecule has 1 amide bonds. The van der Waals surface area contributed by atoms with Crippen LogP contribution in [0, 0.1) is 6.92 Å². The van der Waals surface area contributed by atoms with Crippen LogP contribution in [0.3, 0.4) is 0 Å². The van der Waals surface area contributed by atoms with Gasteiger partial charge in [-0.15, -0.1) is 0 Å². The zero-order valence-electron chi connectivity index (χ0n) is 17.9. The summed E-state index contributed by atoms with van der Waals surface area (Å²) >= 11 is 6.61. The number of carbonyl (C=O) groups excluding carboxylic acids is 1. The van der Waals surface area contributed by atoms with E-state index in [9.17, 15) is 4.79 Å². The Morgan fingerprint density at radius 3 is 2.30 bits per heavy atom. The molecular weight excluding hydrogens is 432 g/mol. The number of aromatic nitrogens is 2. The molecule has 1 heterocycles. The second-order valence-corrected chi connectivity index (χ2v) is 8.21. The maximum absolute atomic E-state index is 11.7. The molecule has 4 aromatic carbocycles. The molecule has 0 aliphatic heterocycles. The van der Waals surface area contributed by atoms with Gasteiger partial charge < -0.3 is 15.6 Å². The van der Waals surface area contributed by atoms with Gasteiger partial charge in [0.1, 0.15) is 5.82 Å². The Morgan fingerprint density at radius 2 is 1.58 bits per heavy atom. The molecule has 0 fully saturated rings. The van der Waals surface area contributed by atoms with Gasteiger partial charge >= 0.3 is 0 Å². The lowest BCUT2D eigenvalue weighted by Crippen LogP contribution is -2.14. The molecule has 0 saturated carbocycles. The van der Waals surface area contributed by atoms with Gasteiger partial charge in [0, 0.05) is 28.2 Å². The van der Waals surface area contributed by atoms with Crippen molar-refractivity contribution in [1.82, 2.24) is 9.97 Å². The van der Waals surface area contributed by atoms with Gasteiger partial charge in [0.25, 0.3) is 0 Å². The number of hydrogen-bond acceptors (Lipinski definition) is 3. The van der Waals surface area contributed by atoms with Crippen molar-refractivity contribution >= 4 is 45.6 Å². The van der Waals surface area contributed by atoms with E-state index < -0.39 is 5.91 Å². The quantitative estimate of drug-likeness (QED) is 0.309. The van der Waals surface area contributed by atoms with Crippen molar-refractivity contribution in [3.8, 4) is 11.4 Å². The number of aromatic amines is 1. The minimum absolute atomic E-state index is 0.441. The largest absolute Gasteiger partial charge is 0.366 e. The Balaban J connectivity index is 1.67. The van der Waals surface area contributed by atoms with E-state index in [0.29, 0.717) is 16.4 Å². The molecule has 5 nitrogen and oxygen atoms in total. The summed E-state index contributed by atoms with van der Waals surface area (Å²) in [6.45, 7) is 1.88. The van der Waals surface area contributed by atoms with Gasteiger partial charge in [0.2, 0.25) is 5.91 Å². The molecule has 0 atom stereocenters. The van der Waals surface area contributed by atoms with Crippen LogP contribution in [0.4, 0.5) is 17.1 Å². The van der Waals surface area contributed by atoms with Crippen molar-refractivity contribution in [3.63, 3.8) is 0 Å².